The number of sulfonamides is 1. The fourth-order valence-electron chi connectivity index (χ4n) is 4.69. The number of hydrogen-bond donors (Lipinski definition) is 1. The smallest absolute Gasteiger partial charge is 0.338 e. The molecule has 1 aliphatic rings. The Kier molecular flexibility index (Phi) is 8.85. The van der Waals surface area contributed by atoms with Gasteiger partial charge in [0.25, 0.3) is 10.0 Å². The van der Waals surface area contributed by atoms with Crippen LogP contribution in [0.2, 0.25) is 10.0 Å². The van der Waals surface area contributed by atoms with Crippen molar-refractivity contribution in [3.63, 3.8) is 0 Å². The minimum atomic E-state index is -4.42. The first-order valence-corrected chi connectivity index (χ1v) is 15.3. The minimum absolute atomic E-state index is 0.00294. The highest BCUT2D eigenvalue weighted by Gasteiger charge is 2.33. The van der Waals surface area contributed by atoms with E-state index in [9.17, 15) is 13.2 Å². The van der Waals surface area contributed by atoms with Crippen LogP contribution in [0.1, 0.15) is 40.4 Å². The number of esters is 1. The number of piperidine rings is 1. The Morgan fingerprint density at radius 1 is 1.07 bits per heavy atom. The van der Waals surface area contributed by atoms with Crippen LogP contribution in [0.25, 0.3) is 0 Å². The number of carbonyl (C=O) groups excluding carboxylic acids is 1. The Bertz CT molecular complexity index is 1640. The van der Waals surface area contributed by atoms with Gasteiger partial charge in [-0.3, -0.25) is 9.62 Å². The number of rotatable bonds is 8. The first kappa shape index (κ1) is 29.3. The van der Waals surface area contributed by atoms with Crippen molar-refractivity contribution in [2.24, 2.45) is 0 Å². The van der Waals surface area contributed by atoms with E-state index in [1.54, 1.807) is 0 Å². The molecule has 41 heavy (non-hydrogen) atoms. The third-order valence-electron chi connectivity index (χ3n) is 6.57. The molecule has 0 amide bonds. The predicted octanol–water partition coefficient (Wildman–Crippen LogP) is 6.49. The van der Waals surface area contributed by atoms with Gasteiger partial charge in [0.1, 0.15) is 29.0 Å². The number of anilines is 1. The van der Waals surface area contributed by atoms with E-state index >= 15 is 8.78 Å². The highest BCUT2D eigenvalue weighted by molar-refractivity contribution is 7.93. The van der Waals surface area contributed by atoms with Crippen molar-refractivity contribution in [2.75, 3.05) is 11.3 Å². The van der Waals surface area contributed by atoms with Gasteiger partial charge in [-0.1, -0.05) is 53.5 Å². The van der Waals surface area contributed by atoms with Gasteiger partial charge in [0, 0.05) is 52.7 Å². The van der Waals surface area contributed by atoms with Crippen molar-refractivity contribution in [2.45, 2.75) is 36.4 Å². The lowest BCUT2D eigenvalue weighted by atomic mass is 9.92. The first-order valence-electron chi connectivity index (χ1n) is 12.3. The Labute approximate surface area is 249 Å². The molecular weight excluding hydrogens is 617 g/mol. The van der Waals surface area contributed by atoms with Crippen molar-refractivity contribution in [1.82, 2.24) is 14.3 Å². The van der Waals surface area contributed by atoms with E-state index in [0.717, 1.165) is 29.5 Å². The van der Waals surface area contributed by atoms with Crippen molar-refractivity contribution >= 4 is 55.9 Å². The third-order valence-corrected chi connectivity index (χ3v) is 9.07. The third kappa shape index (κ3) is 7.02. The summed E-state index contributed by atoms with van der Waals surface area (Å²) in [4.78, 5) is 17.6. The Balaban J connectivity index is 1.35. The standard InChI is InChI=1S/C27H22Cl2F2N4O4S2/c28-19-8-17(9-20(29)11-19)26(36)39-21-6-7-35(24(12-21)16-4-2-1-3-5-16)14-18-10-23(31)25(13-22(18)30)41(37,38)34-27-32-15-33-40-27/h1-5,8-11,13,15,21,24H,6-7,12,14H2,(H,32,33,34). The van der Waals surface area contributed by atoms with E-state index in [-0.39, 0.29) is 28.8 Å². The van der Waals surface area contributed by atoms with Crippen LogP contribution < -0.4 is 4.72 Å². The van der Waals surface area contributed by atoms with Crippen LogP contribution in [0, 0.1) is 11.6 Å². The zero-order chi connectivity index (χ0) is 29.1. The molecule has 0 aliphatic carbocycles. The second-order valence-electron chi connectivity index (χ2n) is 9.33. The highest BCUT2D eigenvalue weighted by atomic mass is 35.5. The number of benzene rings is 3. The van der Waals surface area contributed by atoms with Crippen LogP contribution >= 0.6 is 34.7 Å². The van der Waals surface area contributed by atoms with Gasteiger partial charge >= 0.3 is 5.97 Å². The summed E-state index contributed by atoms with van der Waals surface area (Å²) in [6, 6.07) is 15.1. The molecule has 1 N–H and O–H groups in total. The largest absolute Gasteiger partial charge is 0.459 e. The Morgan fingerprint density at radius 3 is 2.49 bits per heavy atom. The summed E-state index contributed by atoms with van der Waals surface area (Å²) in [6.07, 6.45) is 1.52. The van der Waals surface area contributed by atoms with Crippen LogP contribution in [-0.4, -0.2) is 41.3 Å². The molecule has 1 fully saturated rings. The average Bonchev–Trinajstić information content (AvgIpc) is 3.43. The van der Waals surface area contributed by atoms with E-state index in [0.29, 0.717) is 35.5 Å². The molecule has 2 atom stereocenters. The molecule has 4 aromatic rings. The van der Waals surface area contributed by atoms with Crippen LogP contribution in [-0.2, 0) is 21.3 Å². The van der Waals surface area contributed by atoms with Gasteiger partial charge in [-0.2, -0.15) is 4.37 Å². The quantitative estimate of drug-likeness (QED) is 0.220. The number of hydrogen-bond acceptors (Lipinski definition) is 8. The van der Waals surface area contributed by atoms with E-state index in [4.69, 9.17) is 27.9 Å². The summed E-state index contributed by atoms with van der Waals surface area (Å²) in [5.74, 6) is -2.53. The van der Waals surface area contributed by atoms with Crippen molar-refractivity contribution in [1.29, 1.82) is 0 Å². The lowest BCUT2D eigenvalue weighted by molar-refractivity contribution is -0.00575. The van der Waals surface area contributed by atoms with E-state index in [1.807, 2.05) is 35.2 Å². The Morgan fingerprint density at radius 2 is 1.80 bits per heavy atom. The van der Waals surface area contributed by atoms with Gasteiger partial charge in [0.2, 0.25) is 5.13 Å². The number of nitrogens with one attached hydrogen (secondary N) is 1. The first-order chi connectivity index (χ1) is 19.6. The molecule has 1 aromatic heterocycles. The lowest BCUT2D eigenvalue weighted by Gasteiger charge is -2.39. The highest BCUT2D eigenvalue weighted by Crippen LogP contribution is 2.35. The number of halogens is 4. The zero-order valence-electron chi connectivity index (χ0n) is 21.1. The topological polar surface area (TPSA) is 101 Å². The molecule has 1 aliphatic heterocycles. The van der Waals surface area contributed by atoms with Gasteiger partial charge < -0.3 is 4.74 Å². The summed E-state index contributed by atoms with van der Waals surface area (Å²) in [6.45, 7) is 0.393. The summed E-state index contributed by atoms with van der Waals surface area (Å²) in [5.41, 5.74) is 1.12. The molecule has 1 saturated heterocycles. The molecular formula is C27H22Cl2F2N4O4S2. The average molecular weight is 640 g/mol. The van der Waals surface area contributed by atoms with Gasteiger partial charge in [0.05, 0.1) is 5.56 Å². The van der Waals surface area contributed by atoms with Gasteiger partial charge in [-0.05, 0) is 42.3 Å². The van der Waals surface area contributed by atoms with Crippen LogP contribution in [0.15, 0.2) is 71.9 Å². The fraction of sp³-hybridized carbons (Fsp3) is 0.222. The molecule has 214 valence electrons. The molecule has 2 heterocycles. The van der Waals surface area contributed by atoms with E-state index < -0.39 is 38.6 Å². The summed E-state index contributed by atoms with van der Waals surface area (Å²) in [7, 11) is -4.42. The van der Waals surface area contributed by atoms with Crippen LogP contribution in [0.3, 0.4) is 0 Å². The Hall–Kier alpha value is -3.16. The lowest BCUT2D eigenvalue weighted by Crippen LogP contribution is -2.40. The van der Waals surface area contributed by atoms with Crippen molar-refractivity contribution < 1.29 is 26.7 Å². The second-order valence-corrected chi connectivity index (χ2v) is 12.6. The zero-order valence-corrected chi connectivity index (χ0v) is 24.3. The van der Waals surface area contributed by atoms with Gasteiger partial charge in [-0.25, -0.2) is 27.0 Å². The molecule has 2 unspecified atom stereocenters. The van der Waals surface area contributed by atoms with Crippen LogP contribution in [0.5, 0.6) is 0 Å². The summed E-state index contributed by atoms with van der Waals surface area (Å²) in [5, 5.41) is 0.553. The number of likely N-dealkylation sites (tertiary alicyclic amines) is 1. The number of carbonyl (C=O) groups is 1. The molecule has 0 radical (unpaired) electrons. The van der Waals surface area contributed by atoms with Crippen molar-refractivity contribution in [3.05, 3.63) is 105 Å². The summed E-state index contributed by atoms with van der Waals surface area (Å²) >= 11 is 12.8. The summed E-state index contributed by atoms with van der Waals surface area (Å²) < 4.78 is 67.1. The number of nitrogens with zero attached hydrogens (tertiary/aromatic N) is 3. The number of ether oxygens (including phenoxy) is 1. The van der Waals surface area contributed by atoms with E-state index in [2.05, 4.69) is 14.1 Å². The minimum Gasteiger partial charge on any atom is -0.459 e. The molecule has 3 aromatic carbocycles. The van der Waals surface area contributed by atoms with Gasteiger partial charge in [0.15, 0.2) is 0 Å². The monoisotopic (exact) mass is 638 g/mol. The normalized spacial score (nSPS) is 17.8. The molecule has 0 spiro atoms. The molecule has 14 heteroatoms. The number of aromatic nitrogens is 2. The maximum atomic E-state index is 15.2. The maximum absolute atomic E-state index is 15.2. The van der Waals surface area contributed by atoms with Crippen LogP contribution in [0.4, 0.5) is 13.9 Å². The molecule has 5 rings (SSSR count). The second kappa shape index (κ2) is 12.4. The fourth-order valence-corrected chi connectivity index (χ4v) is 6.95. The van der Waals surface area contributed by atoms with E-state index in [1.165, 1.54) is 18.2 Å². The molecule has 0 bridgehead atoms. The predicted molar refractivity (Wildman–Crippen MR) is 152 cm³/mol. The van der Waals surface area contributed by atoms with Crippen molar-refractivity contribution in [3.8, 4) is 0 Å². The van der Waals surface area contributed by atoms with Gasteiger partial charge in [-0.15, -0.1) is 0 Å². The molecule has 0 saturated carbocycles. The maximum Gasteiger partial charge on any atom is 0.338 e. The SMILES string of the molecule is O=C(OC1CCN(Cc2cc(F)c(S(=O)(=O)Nc3ncns3)cc2F)C(c2ccccc2)C1)c1cc(Cl)cc(Cl)c1. The molecule has 8 nitrogen and oxygen atoms in total.